The predicted molar refractivity (Wildman–Crippen MR) is 54.0 cm³/mol. The first-order valence-corrected chi connectivity index (χ1v) is 4.61. The van der Waals surface area contributed by atoms with E-state index in [4.69, 9.17) is 5.11 Å². The van der Waals surface area contributed by atoms with Crippen molar-refractivity contribution < 1.29 is 9.90 Å². The molecule has 1 amide bonds. The SMILES string of the molecule is CC1(C)C(=O)Nc2ccc(CO)cc21. The molecular weight excluding hydrogens is 178 g/mol. The maximum Gasteiger partial charge on any atom is 0.234 e. The number of benzene rings is 1. The Bertz CT molecular complexity index is 396. The Kier molecular flexibility index (Phi) is 1.86. The van der Waals surface area contributed by atoms with Crippen molar-refractivity contribution in [3.05, 3.63) is 29.3 Å². The van der Waals surface area contributed by atoms with E-state index >= 15 is 0 Å². The zero-order valence-electron chi connectivity index (χ0n) is 8.29. The molecule has 1 aliphatic heterocycles. The molecule has 1 aliphatic rings. The highest BCUT2D eigenvalue weighted by Gasteiger charge is 2.38. The summed E-state index contributed by atoms with van der Waals surface area (Å²) in [4.78, 5) is 11.6. The summed E-state index contributed by atoms with van der Waals surface area (Å²) in [5.41, 5.74) is 2.18. The second kappa shape index (κ2) is 2.82. The minimum atomic E-state index is -0.486. The lowest BCUT2D eigenvalue weighted by atomic mass is 9.85. The van der Waals surface area contributed by atoms with E-state index in [9.17, 15) is 4.79 Å². The molecule has 2 N–H and O–H groups in total. The molecule has 1 heterocycles. The lowest BCUT2D eigenvalue weighted by Crippen LogP contribution is -2.26. The fourth-order valence-electron chi connectivity index (χ4n) is 1.72. The third kappa shape index (κ3) is 1.13. The smallest absolute Gasteiger partial charge is 0.234 e. The average Bonchev–Trinajstić information content (AvgIpc) is 2.38. The van der Waals surface area contributed by atoms with E-state index in [-0.39, 0.29) is 12.5 Å². The third-order valence-corrected chi connectivity index (χ3v) is 2.76. The van der Waals surface area contributed by atoms with Crippen molar-refractivity contribution in [1.29, 1.82) is 0 Å². The molecule has 0 bridgehead atoms. The molecule has 0 saturated heterocycles. The van der Waals surface area contributed by atoms with E-state index in [1.165, 1.54) is 0 Å². The van der Waals surface area contributed by atoms with Gasteiger partial charge in [-0.1, -0.05) is 12.1 Å². The molecule has 3 heteroatoms. The molecule has 0 atom stereocenters. The van der Waals surface area contributed by atoms with Crippen LogP contribution >= 0.6 is 0 Å². The first-order valence-electron chi connectivity index (χ1n) is 4.61. The van der Waals surface area contributed by atoms with E-state index in [0.29, 0.717) is 0 Å². The Morgan fingerprint density at radius 2 is 2.14 bits per heavy atom. The van der Waals surface area contributed by atoms with Crippen molar-refractivity contribution in [2.75, 3.05) is 5.32 Å². The summed E-state index contributed by atoms with van der Waals surface area (Å²) in [6, 6.07) is 5.54. The highest BCUT2D eigenvalue weighted by Crippen LogP contribution is 2.37. The number of carbonyl (C=O) groups is 1. The third-order valence-electron chi connectivity index (χ3n) is 2.76. The van der Waals surface area contributed by atoms with Gasteiger partial charge in [0.05, 0.1) is 12.0 Å². The van der Waals surface area contributed by atoms with Gasteiger partial charge in [-0.05, 0) is 31.0 Å². The second-order valence-electron chi connectivity index (χ2n) is 4.12. The van der Waals surface area contributed by atoms with Crippen LogP contribution in [0.4, 0.5) is 5.69 Å². The zero-order chi connectivity index (χ0) is 10.3. The number of anilines is 1. The number of fused-ring (bicyclic) bond motifs is 1. The predicted octanol–water partition coefficient (Wildman–Crippen LogP) is 1.41. The van der Waals surface area contributed by atoms with Gasteiger partial charge in [-0.2, -0.15) is 0 Å². The van der Waals surface area contributed by atoms with Crippen molar-refractivity contribution in [1.82, 2.24) is 0 Å². The van der Waals surface area contributed by atoms with E-state index in [2.05, 4.69) is 5.32 Å². The Balaban J connectivity index is 2.56. The summed E-state index contributed by atoms with van der Waals surface area (Å²) in [6.07, 6.45) is 0. The lowest BCUT2D eigenvalue weighted by molar-refractivity contribution is -0.119. The standard InChI is InChI=1S/C11H13NO2/c1-11(2)8-5-7(6-13)3-4-9(8)12-10(11)14/h3-5,13H,6H2,1-2H3,(H,12,14). The Morgan fingerprint density at radius 1 is 1.43 bits per heavy atom. The Morgan fingerprint density at radius 3 is 2.79 bits per heavy atom. The van der Waals surface area contributed by atoms with E-state index in [0.717, 1.165) is 16.8 Å². The quantitative estimate of drug-likeness (QED) is 0.705. The zero-order valence-corrected chi connectivity index (χ0v) is 8.29. The molecule has 0 saturated carbocycles. The maximum atomic E-state index is 11.6. The van der Waals surface area contributed by atoms with Crippen LogP contribution in [0.3, 0.4) is 0 Å². The summed E-state index contributed by atoms with van der Waals surface area (Å²) >= 11 is 0. The van der Waals surface area contributed by atoms with Gasteiger partial charge in [0.1, 0.15) is 0 Å². The van der Waals surface area contributed by atoms with E-state index in [1.54, 1.807) is 0 Å². The van der Waals surface area contributed by atoms with Crippen LogP contribution in [0.15, 0.2) is 18.2 Å². The van der Waals surface area contributed by atoms with Crippen LogP contribution in [0.25, 0.3) is 0 Å². The fraction of sp³-hybridized carbons (Fsp3) is 0.364. The van der Waals surface area contributed by atoms with Crippen LogP contribution in [0.1, 0.15) is 25.0 Å². The van der Waals surface area contributed by atoms with Crippen molar-refractivity contribution >= 4 is 11.6 Å². The monoisotopic (exact) mass is 191 g/mol. The minimum Gasteiger partial charge on any atom is -0.392 e. The van der Waals surface area contributed by atoms with Gasteiger partial charge in [0, 0.05) is 5.69 Å². The van der Waals surface area contributed by atoms with Gasteiger partial charge in [0.25, 0.3) is 0 Å². The molecule has 0 spiro atoms. The van der Waals surface area contributed by atoms with Crippen LogP contribution in [0.2, 0.25) is 0 Å². The number of hydrogen-bond donors (Lipinski definition) is 2. The Labute approximate surface area is 82.8 Å². The second-order valence-corrected chi connectivity index (χ2v) is 4.12. The molecular formula is C11H13NO2. The normalized spacial score (nSPS) is 17.8. The summed E-state index contributed by atoms with van der Waals surface area (Å²) in [6.45, 7) is 3.78. The minimum absolute atomic E-state index is 0.0115. The van der Waals surface area contributed by atoms with Crippen LogP contribution in [-0.2, 0) is 16.8 Å². The molecule has 0 fully saturated rings. The van der Waals surface area contributed by atoms with E-state index < -0.39 is 5.41 Å². The molecule has 0 aliphatic carbocycles. The summed E-state index contributed by atoms with van der Waals surface area (Å²) < 4.78 is 0. The van der Waals surface area contributed by atoms with Gasteiger partial charge < -0.3 is 10.4 Å². The molecule has 2 rings (SSSR count). The van der Waals surface area contributed by atoms with Gasteiger partial charge in [0.2, 0.25) is 5.91 Å². The first kappa shape index (κ1) is 9.21. The fourth-order valence-corrected chi connectivity index (χ4v) is 1.72. The van der Waals surface area contributed by atoms with Crippen molar-refractivity contribution in [3.63, 3.8) is 0 Å². The first-order chi connectivity index (χ1) is 6.55. The number of hydrogen-bond acceptors (Lipinski definition) is 2. The summed E-state index contributed by atoms with van der Waals surface area (Å²) in [5, 5.41) is 11.8. The van der Waals surface area contributed by atoms with Gasteiger partial charge >= 0.3 is 0 Å². The number of aliphatic hydroxyl groups is 1. The van der Waals surface area contributed by atoms with Gasteiger partial charge in [-0.3, -0.25) is 4.79 Å². The largest absolute Gasteiger partial charge is 0.392 e. The van der Waals surface area contributed by atoms with Crippen LogP contribution < -0.4 is 5.32 Å². The van der Waals surface area contributed by atoms with Crippen LogP contribution in [0, 0.1) is 0 Å². The highest BCUT2D eigenvalue weighted by atomic mass is 16.3. The topological polar surface area (TPSA) is 49.3 Å². The molecule has 0 unspecified atom stereocenters. The number of carbonyl (C=O) groups excluding carboxylic acids is 1. The number of rotatable bonds is 1. The van der Waals surface area contributed by atoms with Gasteiger partial charge in [-0.15, -0.1) is 0 Å². The highest BCUT2D eigenvalue weighted by molar-refractivity contribution is 6.05. The van der Waals surface area contributed by atoms with Crippen molar-refractivity contribution in [3.8, 4) is 0 Å². The summed E-state index contributed by atoms with van der Waals surface area (Å²) in [7, 11) is 0. The maximum absolute atomic E-state index is 11.6. The molecule has 14 heavy (non-hydrogen) atoms. The Hall–Kier alpha value is -1.35. The molecule has 0 radical (unpaired) electrons. The van der Waals surface area contributed by atoms with Gasteiger partial charge in [0.15, 0.2) is 0 Å². The number of aliphatic hydroxyl groups excluding tert-OH is 1. The molecule has 3 nitrogen and oxygen atoms in total. The number of amides is 1. The average molecular weight is 191 g/mol. The van der Waals surface area contributed by atoms with Crippen molar-refractivity contribution in [2.45, 2.75) is 25.9 Å². The van der Waals surface area contributed by atoms with Gasteiger partial charge in [-0.25, -0.2) is 0 Å². The molecule has 0 aromatic heterocycles. The lowest BCUT2D eigenvalue weighted by Gasteiger charge is -2.15. The molecule has 1 aromatic rings. The van der Waals surface area contributed by atoms with Crippen molar-refractivity contribution in [2.24, 2.45) is 0 Å². The van der Waals surface area contributed by atoms with Crippen LogP contribution in [0.5, 0.6) is 0 Å². The summed E-state index contributed by atoms with van der Waals surface area (Å²) in [5.74, 6) is 0.0163. The molecule has 74 valence electrons. The number of nitrogens with one attached hydrogen (secondary N) is 1. The molecule has 1 aromatic carbocycles. The van der Waals surface area contributed by atoms with E-state index in [1.807, 2.05) is 32.0 Å². The van der Waals surface area contributed by atoms with Crippen LogP contribution in [-0.4, -0.2) is 11.0 Å².